The lowest BCUT2D eigenvalue weighted by Crippen LogP contribution is -2.42. The van der Waals surface area contributed by atoms with E-state index in [2.05, 4.69) is 5.32 Å². The average Bonchev–Trinajstić information content (AvgIpc) is 2.20. The van der Waals surface area contributed by atoms with Crippen LogP contribution in [-0.2, 0) is 14.3 Å². The molecule has 0 saturated heterocycles. The maximum atomic E-state index is 11.1. The molecule has 1 atom stereocenters. The molecule has 0 heterocycles. The van der Waals surface area contributed by atoms with E-state index in [9.17, 15) is 9.59 Å². The summed E-state index contributed by atoms with van der Waals surface area (Å²) >= 11 is 0. The maximum absolute atomic E-state index is 11.1. The molecule has 0 spiro atoms. The van der Waals surface area contributed by atoms with Crippen molar-refractivity contribution in [2.45, 2.75) is 25.8 Å². The van der Waals surface area contributed by atoms with Crippen LogP contribution in [-0.4, -0.2) is 36.2 Å². The second kappa shape index (κ2) is 7.76. The molecular weight excluding hydrogens is 200 g/mol. The molecule has 6 heteroatoms. The van der Waals surface area contributed by atoms with Crippen molar-refractivity contribution < 1.29 is 19.4 Å². The molecule has 0 radical (unpaired) electrons. The molecule has 6 nitrogen and oxygen atoms in total. The highest BCUT2D eigenvalue weighted by Crippen LogP contribution is 1.96. The van der Waals surface area contributed by atoms with E-state index in [0.29, 0.717) is 6.61 Å². The first kappa shape index (κ1) is 13.4. The number of rotatable bonds is 7. The molecule has 0 aliphatic heterocycles. The van der Waals surface area contributed by atoms with E-state index in [-0.39, 0.29) is 19.4 Å². The van der Waals surface area contributed by atoms with E-state index < -0.39 is 17.9 Å². The zero-order valence-corrected chi connectivity index (χ0v) is 8.52. The van der Waals surface area contributed by atoms with Crippen molar-refractivity contribution in [1.29, 1.82) is 5.26 Å². The van der Waals surface area contributed by atoms with Crippen LogP contribution >= 0.6 is 0 Å². The highest BCUT2D eigenvalue weighted by Gasteiger charge is 2.18. The number of nitrogens with one attached hydrogen (secondary N) is 1. The fourth-order valence-corrected chi connectivity index (χ4v) is 0.897. The maximum Gasteiger partial charge on any atom is 0.326 e. The number of carbonyl (C=O) groups excluding carboxylic acids is 1. The van der Waals surface area contributed by atoms with E-state index in [0.717, 1.165) is 0 Å². The third-order valence-electron chi connectivity index (χ3n) is 1.62. The number of hydrogen-bond acceptors (Lipinski definition) is 4. The minimum Gasteiger partial charge on any atom is -0.480 e. The molecule has 0 aliphatic rings. The van der Waals surface area contributed by atoms with Crippen molar-refractivity contribution in [3.05, 3.63) is 0 Å². The second-order valence-corrected chi connectivity index (χ2v) is 2.79. The molecule has 0 bridgehead atoms. The predicted octanol–water partition coefficient (Wildman–Crippen LogP) is -0.104. The molecule has 0 unspecified atom stereocenters. The first-order chi connectivity index (χ1) is 7.11. The Morgan fingerprint density at radius 2 is 2.27 bits per heavy atom. The van der Waals surface area contributed by atoms with Gasteiger partial charge in [0.05, 0.1) is 6.07 Å². The Labute approximate surface area is 87.8 Å². The molecule has 0 saturated carbocycles. The number of carboxylic acid groups (broad SMARTS) is 1. The van der Waals surface area contributed by atoms with Crippen LogP contribution in [0.2, 0.25) is 0 Å². The fourth-order valence-electron chi connectivity index (χ4n) is 0.897. The summed E-state index contributed by atoms with van der Waals surface area (Å²) in [5.41, 5.74) is 0. The van der Waals surface area contributed by atoms with Crippen LogP contribution in [0.25, 0.3) is 0 Å². The Kier molecular flexibility index (Phi) is 6.93. The summed E-state index contributed by atoms with van der Waals surface area (Å²) in [5.74, 6) is -1.63. The molecule has 2 N–H and O–H groups in total. The Hall–Kier alpha value is -1.61. The van der Waals surface area contributed by atoms with Gasteiger partial charge < -0.3 is 15.2 Å². The summed E-state index contributed by atoms with van der Waals surface area (Å²) in [4.78, 5) is 21.7. The minimum absolute atomic E-state index is 0.0892. The number of ether oxygens (including phenoxy) is 1. The summed E-state index contributed by atoms with van der Waals surface area (Å²) in [6.07, 6.45) is 0.190. The molecule has 0 fully saturated rings. The van der Waals surface area contributed by atoms with Crippen LogP contribution in [0, 0.1) is 11.3 Å². The van der Waals surface area contributed by atoms with Crippen molar-refractivity contribution in [2.75, 3.05) is 13.2 Å². The largest absolute Gasteiger partial charge is 0.480 e. The summed E-state index contributed by atoms with van der Waals surface area (Å²) in [6, 6.07) is 0.807. The van der Waals surface area contributed by atoms with Crippen LogP contribution in [0.4, 0.5) is 0 Å². The third-order valence-corrected chi connectivity index (χ3v) is 1.62. The molecule has 0 aliphatic carbocycles. The molecule has 0 aromatic heterocycles. The number of carbonyl (C=O) groups is 2. The number of aliphatic carboxylic acids is 1. The van der Waals surface area contributed by atoms with Crippen LogP contribution in [0.15, 0.2) is 0 Å². The van der Waals surface area contributed by atoms with Gasteiger partial charge in [-0.3, -0.25) is 4.79 Å². The molecule has 1 amide bonds. The molecular formula is C9H14N2O4. The van der Waals surface area contributed by atoms with Gasteiger partial charge in [-0.15, -0.1) is 0 Å². The van der Waals surface area contributed by atoms with Crippen LogP contribution in [0.5, 0.6) is 0 Å². The van der Waals surface area contributed by atoms with E-state index in [1.54, 1.807) is 6.92 Å². The van der Waals surface area contributed by atoms with E-state index in [1.165, 1.54) is 0 Å². The van der Waals surface area contributed by atoms with Crippen LogP contribution < -0.4 is 5.32 Å². The number of amides is 1. The van der Waals surface area contributed by atoms with Gasteiger partial charge in [-0.2, -0.15) is 5.26 Å². The summed E-state index contributed by atoms with van der Waals surface area (Å²) in [6.45, 7) is 1.97. The lowest BCUT2D eigenvalue weighted by molar-refractivity contribution is -0.142. The molecule has 0 aromatic carbocycles. The standard InChI is InChI=1S/C9H14N2O4/c1-2-15-6-8(12)11-7(9(13)14)4-3-5-10/h7H,2-4,6H2,1H3,(H,11,12)(H,13,14)/t7-/m1/s1. The Morgan fingerprint density at radius 1 is 1.60 bits per heavy atom. The molecule has 0 aromatic rings. The lowest BCUT2D eigenvalue weighted by atomic mass is 10.1. The van der Waals surface area contributed by atoms with Crippen molar-refractivity contribution in [3.63, 3.8) is 0 Å². The zero-order chi connectivity index (χ0) is 11.7. The van der Waals surface area contributed by atoms with Crippen molar-refractivity contribution in [1.82, 2.24) is 5.32 Å². The Balaban J connectivity index is 4.00. The van der Waals surface area contributed by atoms with Gasteiger partial charge in [-0.25, -0.2) is 4.79 Å². The number of nitrogens with zero attached hydrogens (tertiary/aromatic N) is 1. The summed E-state index contributed by atoms with van der Waals surface area (Å²) in [7, 11) is 0. The fraction of sp³-hybridized carbons (Fsp3) is 0.667. The van der Waals surface area contributed by atoms with Gasteiger partial charge in [-0.05, 0) is 13.3 Å². The van der Waals surface area contributed by atoms with E-state index >= 15 is 0 Å². The smallest absolute Gasteiger partial charge is 0.326 e. The average molecular weight is 214 g/mol. The summed E-state index contributed by atoms with van der Waals surface area (Å²) in [5, 5.41) is 19.3. The Morgan fingerprint density at radius 3 is 2.73 bits per heavy atom. The van der Waals surface area contributed by atoms with Crippen molar-refractivity contribution >= 4 is 11.9 Å². The van der Waals surface area contributed by atoms with Gasteiger partial charge >= 0.3 is 5.97 Å². The van der Waals surface area contributed by atoms with Gasteiger partial charge in [0.1, 0.15) is 12.6 Å². The molecule has 0 rings (SSSR count). The van der Waals surface area contributed by atoms with Crippen LogP contribution in [0.1, 0.15) is 19.8 Å². The number of carboxylic acids is 1. The quantitative estimate of drug-likeness (QED) is 0.616. The monoisotopic (exact) mass is 214 g/mol. The highest BCUT2D eigenvalue weighted by atomic mass is 16.5. The van der Waals surface area contributed by atoms with Gasteiger partial charge in [0, 0.05) is 13.0 Å². The van der Waals surface area contributed by atoms with Crippen molar-refractivity contribution in [2.24, 2.45) is 0 Å². The second-order valence-electron chi connectivity index (χ2n) is 2.79. The normalized spacial score (nSPS) is 11.5. The highest BCUT2D eigenvalue weighted by molar-refractivity contribution is 5.84. The first-order valence-electron chi connectivity index (χ1n) is 4.58. The van der Waals surface area contributed by atoms with Crippen LogP contribution in [0.3, 0.4) is 0 Å². The number of nitriles is 1. The van der Waals surface area contributed by atoms with Gasteiger partial charge in [-0.1, -0.05) is 0 Å². The van der Waals surface area contributed by atoms with Gasteiger partial charge in [0.2, 0.25) is 5.91 Å². The van der Waals surface area contributed by atoms with E-state index in [1.807, 2.05) is 6.07 Å². The third kappa shape index (κ3) is 6.46. The minimum atomic E-state index is -1.14. The SMILES string of the molecule is CCOCC(=O)N[C@H](CCC#N)C(=O)O. The summed E-state index contributed by atoms with van der Waals surface area (Å²) < 4.78 is 4.81. The van der Waals surface area contributed by atoms with Gasteiger partial charge in [0.25, 0.3) is 0 Å². The topological polar surface area (TPSA) is 99.4 Å². The molecule has 15 heavy (non-hydrogen) atoms. The first-order valence-corrected chi connectivity index (χ1v) is 4.58. The Bertz CT molecular complexity index is 259. The van der Waals surface area contributed by atoms with Gasteiger partial charge in [0.15, 0.2) is 0 Å². The molecule has 84 valence electrons. The lowest BCUT2D eigenvalue weighted by Gasteiger charge is -2.12. The zero-order valence-electron chi connectivity index (χ0n) is 8.52. The van der Waals surface area contributed by atoms with Crippen molar-refractivity contribution in [3.8, 4) is 6.07 Å². The van der Waals surface area contributed by atoms with E-state index in [4.69, 9.17) is 15.1 Å². The number of hydrogen-bond donors (Lipinski definition) is 2. The predicted molar refractivity (Wildman–Crippen MR) is 50.9 cm³/mol.